The maximum absolute atomic E-state index is 13.1. The van der Waals surface area contributed by atoms with Gasteiger partial charge in [0.2, 0.25) is 5.91 Å². The molecule has 3 aromatic rings. The van der Waals surface area contributed by atoms with E-state index < -0.39 is 42.4 Å². The molecule has 9 nitrogen and oxygen atoms in total. The first-order valence-electron chi connectivity index (χ1n) is 12.6. The van der Waals surface area contributed by atoms with Crippen LogP contribution in [0.1, 0.15) is 36.0 Å². The first-order valence-corrected chi connectivity index (χ1v) is 12.6. The number of carbonyl (C=O) groups is 4. The molecule has 39 heavy (non-hydrogen) atoms. The van der Waals surface area contributed by atoms with Gasteiger partial charge in [-0.15, -0.1) is 0 Å². The van der Waals surface area contributed by atoms with Crippen LogP contribution in [-0.2, 0) is 30.5 Å². The number of ether oxygens (including phenoxy) is 2. The fraction of sp³-hybridized carbons (Fsp3) is 0.267. The number of likely N-dealkylation sites (N-methyl/N-ethyl adjacent to an activating group) is 1. The van der Waals surface area contributed by atoms with Crippen molar-refractivity contribution in [1.29, 1.82) is 0 Å². The van der Waals surface area contributed by atoms with Crippen molar-refractivity contribution < 1.29 is 33.8 Å². The fourth-order valence-corrected chi connectivity index (χ4v) is 4.55. The summed E-state index contributed by atoms with van der Waals surface area (Å²) in [6, 6.07) is 22.2. The number of rotatable bonds is 10. The van der Waals surface area contributed by atoms with Gasteiger partial charge in [-0.3, -0.25) is 9.59 Å². The van der Waals surface area contributed by atoms with Crippen molar-refractivity contribution in [3.63, 3.8) is 0 Å². The van der Waals surface area contributed by atoms with Crippen LogP contribution in [0.3, 0.4) is 0 Å². The van der Waals surface area contributed by atoms with Crippen LogP contribution >= 0.6 is 0 Å². The molecule has 9 heteroatoms. The lowest BCUT2D eigenvalue weighted by Crippen LogP contribution is -2.52. The van der Waals surface area contributed by atoms with Crippen molar-refractivity contribution in [1.82, 2.24) is 10.2 Å². The molecule has 1 aliphatic carbocycles. The number of aliphatic carboxylic acids is 1. The quantitative estimate of drug-likeness (QED) is 0.381. The molecule has 0 heterocycles. The van der Waals surface area contributed by atoms with Gasteiger partial charge in [0.25, 0.3) is 0 Å². The monoisotopic (exact) mass is 530 g/mol. The first kappa shape index (κ1) is 27.4. The van der Waals surface area contributed by atoms with E-state index in [9.17, 15) is 24.3 Å². The Hall–Kier alpha value is -4.66. The predicted octanol–water partition coefficient (Wildman–Crippen LogP) is 3.96. The number of amides is 2. The van der Waals surface area contributed by atoms with Crippen molar-refractivity contribution >= 4 is 23.9 Å². The second-order valence-corrected chi connectivity index (χ2v) is 9.34. The Bertz CT molecular complexity index is 1310. The zero-order valence-corrected chi connectivity index (χ0v) is 21.7. The number of hydrogen-bond acceptors (Lipinski definition) is 6. The minimum absolute atomic E-state index is 0.00705. The topological polar surface area (TPSA) is 122 Å². The normalized spacial score (nSPS) is 13.4. The number of carboxylic acid groups (broad SMARTS) is 1. The number of nitrogens with zero attached hydrogens (tertiary/aromatic N) is 1. The number of carbonyl (C=O) groups excluding carboxylic acids is 3. The van der Waals surface area contributed by atoms with Gasteiger partial charge in [-0.05, 0) is 34.7 Å². The van der Waals surface area contributed by atoms with Gasteiger partial charge in [0.1, 0.15) is 25.3 Å². The summed E-state index contributed by atoms with van der Waals surface area (Å²) in [5, 5.41) is 11.8. The Morgan fingerprint density at radius 2 is 1.44 bits per heavy atom. The standard InChI is InChI=1S/C30H30N2O7/c1-19(29(35)36)32(2)28(34)26(16-27(33)38-17-20-10-4-3-5-11-20)31-30(37)39-18-25-23-14-8-6-12-21(23)22-13-7-9-15-24(22)25/h3-15,19,25-26H,16-18H2,1-2H3,(H,31,37)(H,35,36)/t19?,26-/m0/s1. The summed E-state index contributed by atoms with van der Waals surface area (Å²) in [7, 11) is 1.29. The van der Waals surface area contributed by atoms with Crippen molar-refractivity contribution in [2.24, 2.45) is 0 Å². The Balaban J connectivity index is 1.43. The molecule has 0 aromatic heterocycles. The van der Waals surface area contributed by atoms with Gasteiger partial charge >= 0.3 is 18.0 Å². The van der Waals surface area contributed by atoms with Crippen LogP contribution in [0.4, 0.5) is 4.79 Å². The predicted molar refractivity (Wildman–Crippen MR) is 143 cm³/mol. The lowest BCUT2D eigenvalue weighted by atomic mass is 9.98. The van der Waals surface area contributed by atoms with Crippen LogP contribution in [0.2, 0.25) is 0 Å². The van der Waals surface area contributed by atoms with E-state index in [1.54, 1.807) is 24.3 Å². The van der Waals surface area contributed by atoms with Crippen LogP contribution in [0.5, 0.6) is 0 Å². The van der Waals surface area contributed by atoms with Crippen LogP contribution < -0.4 is 5.32 Å². The van der Waals surface area contributed by atoms with E-state index in [2.05, 4.69) is 5.32 Å². The zero-order chi connectivity index (χ0) is 27.9. The summed E-state index contributed by atoms with van der Waals surface area (Å²) in [5.41, 5.74) is 4.95. The van der Waals surface area contributed by atoms with Crippen molar-refractivity contribution in [3.8, 4) is 11.1 Å². The van der Waals surface area contributed by atoms with Crippen LogP contribution in [-0.4, -0.2) is 59.7 Å². The fourth-order valence-electron chi connectivity index (χ4n) is 4.55. The van der Waals surface area contributed by atoms with Crippen molar-refractivity contribution in [2.45, 2.75) is 38.0 Å². The molecule has 0 saturated carbocycles. The molecule has 2 atom stereocenters. The number of benzene rings is 3. The number of carboxylic acids is 1. The largest absolute Gasteiger partial charge is 0.480 e. The van der Waals surface area contributed by atoms with E-state index >= 15 is 0 Å². The molecule has 2 amide bonds. The van der Waals surface area contributed by atoms with Crippen LogP contribution in [0.15, 0.2) is 78.9 Å². The summed E-state index contributed by atoms with van der Waals surface area (Å²) in [4.78, 5) is 50.9. The molecule has 1 unspecified atom stereocenters. The molecule has 0 fully saturated rings. The van der Waals surface area contributed by atoms with E-state index in [4.69, 9.17) is 9.47 Å². The highest BCUT2D eigenvalue weighted by atomic mass is 16.5. The highest BCUT2D eigenvalue weighted by molar-refractivity contribution is 5.92. The third kappa shape index (κ3) is 6.43. The first-order chi connectivity index (χ1) is 18.8. The smallest absolute Gasteiger partial charge is 0.407 e. The maximum atomic E-state index is 13.1. The average Bonchev–Trinajstić information content (AvgIpc) is 3.27. The third-order valence-electron chi connectivity index (χ3n) is 6.83. The number of fused-ring (bicyclic) bond motifs is 3. The Morgan fingerprint density at radius 1 is 0.872 bits per heavy atom. The lowest BCUT2D eigenvalue weighted by molar-refractivity contribution is -0.151. The lowest BCUT2D eigenvalue weighted by Gasteiger charge is -2.27. The molecule has 3 aromatic carbocycles. The minimum Gasteiger partial charge on any atom is -0.480 e. The molecule has 0 radical (unpaired) electrons. The molecular formula is C30H30N2O7. The highest BCUT2D eigenvalue weighted by Crippen LogP contribution is 2.44. The van der Waals surface area contributed by atoms with Gasteiger partial charge in [-0.2, -0.15) is 0 Å². The van der Waals surface area contributed by atoms with E-state index in [0.717, 1.165) is 32.7 Å². The molecule has 0 bridgehead atoms. The van der Waals surface area contributed by atoms with E-state index in [1.807, 2.05) is 54.6 Å². The van der Waals surface area contributed by atoms with E-state index in [0.29, 0.717) is 0 Å². The number of nitrogens with one attached hydrogen (secondary N) is 1. The van der Waals surface area contributed by atoms with Gasteiger partial charge in [0.05, 0.1) is 6.42 Å². The van der Waals surface area contributed by atoms with Gasteiger partial charge in [-0.1, -0.05) is 78.9 Å². The molecule has 0 spiro atoms. The third-order valence-corrected chi connectivity index (χ3v) is 6.83. The summed E-state index contributed by atoms with van der Waals surface area (Å²) in [6.07, 6.45) is -1.39. The van der Waals surface area contributed by atoms with Gasteiger partial charge in [-0.25, -0.2) is 9.59 Å². The maximum Gasteiger partial charge on any atom is 0.407 e. The Labute approximate surface area is 226 Å². The summed E-state index contributed by atoms with van der Waals surface area (Å²) < 4.78 is 10.8. The zero-order valence-electron chi connectivity index (χ0n) is 21.7. The van der Waals surface area contributed by atoms with Crippen molar-refractivity contribution in [3.05, 3.63) is 95.6 Å². The van der Waals surface area contributed by atoms with Crippen LogP contribution in [0.25, 0.3) is 11.1 Å². The summed E-state index contributed by atoms with van der Waals surface area (Å²) in [5.74, 6) is -2.90. The summed E-state index contributed by atoms with van der Waals surface area (Å²) in [6.45, 7) is 1.34. The number of alkyl carbamates (subject to hydrolysis) is 1. The second kappa shape index (κ2) is 12.3. The molecule has 202 valence electrons. The van der Waals surface area contributed by atoms with Crippen molar-refractivity contribution in [2.75, 3.05) is 13.7 Å². The SMILES string of the molecule is CC(C(=O)O)N(C)C(=O)[C@H](CC(=O)OCc1ccccc1)NC(=O)OCC1c2ccccc2-c2ccccc21. The summed E-state index contributed by atoms with van der Waals surface area (Å²) >= 11 is 0. The Morgan fingerprint density at radius 3 is 2.03 bits per heavy atom. The molecular weight excluding hydrogens is 500 g/mol. The van der Waals surface area contributed by atoms with E-state index in [-0.39, 0.29) is 19.1 Å². The molecule has 0 aliphatic heterocycles. The second-order valence-electron chi connectivity index (χ2n) is 9.34. The minimum atomic E-state index is -1.38. The van der Waals surface area contributed by atoms with E-state index in [1.165, 1.54) is 14.0 Å². The highest BCUT2D eigenvalue weighted by Gasteiger charge is 2.33. The molecule has 1 aliphatic rings. The molecule has 2 N–H and O–H groups in total. The number of esters is 1. The van der Waals surface area contributed by atoms with Crippen LogP contribution in [0, 0.1) is 0 Å². The average molecular weight is 531 g/mol. The number of hydrogen-bond donors (Lipinski definition) is 2. The molecule has 4 rings (SSSR count). The Kier molecular flexibility index (Phi) is 8.60. The van der Waals surface area contributed by atoms with Gasteiger partial charge in [0, 0.05) is 13.0 Å². The molecule has 0 saturated heterocycles. The van der Waals surface area contributed by atoms with Gasteiger partial charge in [0.15, 0.2) is 0 Å². The van der Waals surface area contributed by atoms with Gasteiger partial charge < -0.3 is 24.8 Å².